The van der Waals surface area contributed by atoms with E-state index in [0.29, 0.717) is 5.82 Å². The normalized spacial score (nSPS) is 13.7. The van der Waals surface area contributed by atoms with Crippen molar-refractivity contribution in [3.05, 3.63) is 22.2 Å². The highest BCUT2D eigenvalue weighted by Crippen LogP contribution is 2.20. The van der Waals surface area contributed by atoms with Gasteiger partial charge in [-0.3, -0.25) is 4.79 Å². The van der Waals surface area contributed by atoms with E-state index in [0.717, 1.165) is 6.07 Å². The Bertz CT molecular complexity index is 456. The Hall–Kier alpha value is -1.57. The molecule has 0 amide bonds. The smallest absolute Gasteiger partial charge is 0.382 e. The van der Waals surface area contributed by atoms with Gasteiger partial charge in [0.1, 0.15) is 11.6 Å². The van der Waals surface area contributed by atoms with Crippen molar-refractivity contribution in [1.29, 1.82) is 0 Å². The molecule has 18 heavy (non-hydrogen) atoms. The van der Waals surface area contributed by atoms with Crippen LogP contribution in [0.5, 0.6) is 0 Å². The first-order valence-electron chi connectivity index (χ1n) is 5.30. The monoisotopic (exact) mass is 265 g/mol. The molecule has 0 aromatic carbocycles. The van der Waals surface area contributed by atoms with Crippen molar-refractivity contribution >= 4 is 5.82 Å². The molecular weight excluding hydrogens is 251 g/mol. The fraction of sp³-hybridized carbons (Fsp3) is 0.600. The van der Waals surface area contributed by atoms with Crippen LogP contribution < -0.4 is 10.9 Å². The van der Waals surface area contributed by atoms with Gasteiger partial charge >= 0.3 is 6.18 Å². The van der Waals surface area contributed by atoms with Gasteiger partial charge in [-0.15, -0.1) is 0 Å². The number of hydrogen-bond donors (Lipinski definition) is 3. The number of alkyl halides is 3. The van der Waals surface area contributed by atoms with Crippen LogP contribution in [0.4, 0.5) is 19.0 Å². The van der Waals surface area contributed by atoms with Crippen molar-refractivity contribution in [2.24, 2.45) is 0 Å². The zero-order chi connectivity index (χ0) is 13.9. The third-order valence-corrected chi connectivity index (χ3v) is 2.16. The Labute approximate surface area is 101 Å². The van der Waals surface area contributed by atoms with Gasteiger partial charge < -0.3 is 15.4 Å². The van der Waals surface area contributed by atoms with E-state index in [1.807, 2.05) is 0 Å². The summed E-state index contributed by atoms with van der Waals surface area (Å²) in [4.78, 5) is 17.7. The maximum absolute atomic E-state index is 12.1. The molecule has 1 unspecified atom stereocenters. The molecule has 1 heterocycles. The van der Waals surface area contributed by atoms with E-state index in [1.54, 1.807) is 13.8 Å². The highest BCUT2D eigenvalue weighted by Gasteiger charge is 2.37. The number of rotatable bonds is 4. The minimum absolute atomic E-state index is 0.00532. The van der Waals surface area contributed by atoms with Gasteiger partial charge in [-0.1, -0.05) is 13.8 Å². The van der Waals surface area contributed by atoms with Crippen LogP contribution in [0.25, 0.3) is 0 Å². The molecule has 0 aliphatic carbocycles. The second-order valence-electron chi connectivity index (χ2n) is 4.11. The summed E-state index contributed by atoms with van der Waals surface area (Å²) in [5.41, 5.74) is -0.460. The molecule has 0 fully saturated rings. The van der Waals surface area contributed by atoms with E-state index >= 15 is 0 Å². The molecule has 0 spiro atoms. The summed E-state index contributed by atoms with van der Waals surface area (Å²) >= 11 is 0. The van der Waals surface area contributed by atoms with Crippen molar-refractivity contribution in [3.8, 4) is 0 Å². The maximum atomic E-state index is 12.1. The van der Waals surface area contributed by atoms with Gasteiger partial charge in [0, 0.05) is 12.0 Å². The Morgan fingerprint density at radius 1 is 1.50 bits per heavy atom. The fourth-order valence-corrected chi connectivity index (χ4v) is 1.16. The number of halogens is 3. The molecule has 8 heteroatoms. The maximum Gasteiger partial charge on any atom is 0.416 e. The van der Waals surface area contributed by atoms with Crippen molar-refractivity contribution < 1.29 is 18.3 Å². The second-order valence-corrected chi connectivity index (χ2v) is 4.11. The number of nitrogens with one attached hydrogen (secondary N) is 2. The number of aromatic amines is 1. The average Bonchev–Trinajstić information content (AvgIpc) is 2.23. The molecular formula is C10H14F3N3O2. The number of nitrogens with zero attached hydrogens (tertiary/aromatic N) is 1. The summed E-state index contributed by atoms with van der Waals surface area (Å²) in [6.45, 7) is 2.82. The predicted molar refractivity (Wildman–Crippen MR) is 59.5 cm³/mol. The topological polar surface area (TPSA) is 78.0 Å². The molecule has 0 saturated carbocycles. The van der Waals surface area contributed by atoms with E-state index in [1.165, 1.54) is 0 Å². The fourth-order valence-electron chi connectivity index (χ4n) is 1.16. The molecule has 0 radical (unpaired) electrons. The molecule has 0 aliphatic heterocycles. The van der Waals surface area contributed by atoms with Crippen LogP contribution in [0.3, 0.4) is 0 Å². The minimum atomic E-state index is -4.70. The largest absolute Gasteiger partial charge is 0.416 e. The summed E-state index contributed by atoms with van der Waals surface area (Å²) in [6, 6.07) is 1.04. The Morgan fingerprint density at radius 3 is 2.61 bits per heavy atom. The van der Waals surface area contributed by atoms with Crippen molar-refractivity contribution in [2.75, 3.05) is 11.9 Å². The van der Waals surface area contributed by atoms with Gasteiger partial charge in [-0.05, 0) is 0 Å². The standard InChI is InChI=1S/C10H14F3N3O2/c1-5(2)9-15-7(3-8(18)16-9)14-4-6(17)10(11,12)13/h3,5-6,17H,4H2,1-2H3,(H2,14,15,16,18). The van der Waals surface area contributed by atoms with Crippen molar-refractivity contribution in [3.63, 3.8) is 0 Å². The molecule has 3 N–H and O–H groups in total. The molecule has 1 aromatic rings. The number of hydrogen-bond acceptors (Lipinski definition) is 4. The van der Waals surface area contributed by atoms with E-state index in [9.17, 15) is 18.0 Å². The molecule has 0 bridgehead atoms. The number of H-pyrrole nitrogens is 1. The van der Waals surface area contributed by atoms with Gasteiger partial charge in [-0.2, -0.15) is 13.2 Å². The zero-order valence-corrected chi connectivity index (χ0v) is 9.88. The van der Waals surface area contributed by atoms with Gasteiger partial charge in [0.2, 0.25) is 0 Å². The number of aliphatic hydroxyl groups excluding tert-OH is 1. The Morgan fingerprint density at radius 2 is 2.11 bits per heavy atom. The summed E-state index contributed by atoms with van der Waals surface area (Å²) < 4.78 is 36.2. The van der Waals surface area contributed by atoms with Crippen molar-refractivity contribution in [2.45, 2.75) is 32.0 Å². The van der Waals surface area contributed by atoms with Gasteiger partial charge in [0.05, 0.1) is 6.54 Å². The minimum Gasteiger partial charge on any atom is -0.382 e. The molecule has 1 rings (SSSR count). The summed E-state index contributed by atoms with van der Waals surface area (Å²) in [7, 11) is 0. The summed E-state index contributed by atoms with van der Waals surface area (Å²) in [5.74, 6) is 0.309. The number of anilines is 1. The lowest BCUT2D eigenvalue weighted by atomic mass is 10.2. The van der Waals surface area contributed by atoms with Crippen LogP contribution in [0.15, 0.2) is 10.9 Å². The lowest BCUT2D eigenvalue weighted by Gasteiger charge is -2.15. The zero-order valence-electron chi connectivity index (χ0n) is 9.88. The van der Waals surface area contributed by atoms with E-state index in [2.05, 4.69) is 15.3 Å². The van der Waals surface area contributed by atoms with Crippen LogP contribution in [-0.4, -0.2) is 33.9 Å². The summed E-state index contributed by atoms with van der Waals surface area (Å²) in [5, 5.41) is 11.1. The average molecular weight is 265 g/mol. The van der Waals surface area contributed by atoms with Crippen LogP contribution in [0, 0.1) is 0 Å². The first-order valence-corrected chi connectivity index (χ1v) is 5.30. The number of aliphatic hydroxyl groups is 1. The summed E-state index contributed by atoms with van der Waals surface area (Å²) in [6.07, 6.45) is -7.20. The van der Waals surface area contributed by atoms with Crippen LogP contribution >= 0.6 is 0 Å². The van der Waals surface area contributed by atoms with Gasteiger partial charge in [0.15, 0.2) is 6.10 Å². The van der Waals surface area contributed by atoms with Crippen molar-refractivity contribution in [1.82, 2.24) is 9.97 Å². The van der Waals surface area contributed by atoms with E-state index < -0.39 is 24.4 Å². The molecule has 0 aliphatic rings. The highest BCUT2D eigenvalue weighted by atomic mass is 19.4. The van der Waals surface area contributed by atoms with Gasteiger partial charge in [-0.25, -0.2) is 4.98 Å². The molecule has 102 valence electrons. The van der Waals surface area contributed by atoms with E-state index in [-0.39, 0.29) is 11.7 Å². The predicted octanol–water partition coefficient (Wildman–Crippen LogP) is 1.23. The lowest BCUT2D eigenvalue weighted by Crippen LogP contribution is -2.35. The highest BCUT2D eigenvalue weighted by molar-refractivity contribution is 5.33. The molecule has 1 atom stereocenters. The Kier molecular flexibility index (Phi) is 4.33. The second kappa shape index (κ2) is 5.38. The van der Waals surface area contributed by atoms with Crippen LogP contribution in [-0.2, 0) is 0 Å². The van der Waals surface area contributed by atoms with Crippen LogP contribution in [0.2, 0.25) is 0 Å². The van der Waals surface area contributed by atoms with E-state index in [4.69, 9.17) is 5.11 Å². The third kappa shape index (κ3) is 4.02. The molecule has 5 nitrogen and oxygen atoms in total. The third-order valence-electron chi connectivity index (χ3n) is 2.16. The first-order chi connectivity index (χ1) is 8.20. The Balaban J connectivity index is 2.77. The van der Waals surface area contributed by atoms with Gasteiger partial charge in [0.25, 0.3) is 5.56 Å². The first kappa shape index (κ1) is 14.5. The quantitative estimate of drug-likeness (QED) is 0.765. The SMILES string of the molecule is CC(C)c1nc(NCC(O)C(F)(F)F)cc(=O)[nH]1. The molecule has 0 saturated heterocycles. The number of aromatic nitrogens is 2. The lowest BCUT2D eigenvalue weighted by molar-refractivity contribution is -0.198. The van der Waals surface area contributed by atoms with Crippen LogP contribution in [0.1, 0.15) is 25.6 Å². The molecule has 1 aromatic heterocycles.